The maximum atomic E-state index is 12.7. The van der Waals surface area contributed by atoms with Crippen LogP contribution in [-0.4, -0.2) is 35.5 Å². The Balaban J connectivity index is 1.46. The van der Waals surface area contributed by atoms with Gasteiger partial charge in [-0.05, 0) is 37.7 Å². The maximum absolute atomic E-state index is 12.7. The highest BCUT2D eigenvalue weighted by atomic mass is 19.4. The molecular formula is C18H23F3N2O2. The number of hydrogen-bond acceptors (Lipinski definition) is 3. The summed E-state index contributed by atoms with van der Waals surface area (Å²) < 4.78 is 43.4. The van der Waals surface area contributed by atoms with Gasteiger partial charge >= 0.3 is 6.18 Å². The fraction of sp³-hybridized carbons (Fsp3) is 0.667. The molecule has 1 aliphatic carbocycles. The predicted molar refractivity (Wildman–Crippen MR) is 86.0 cm³/mol. The van der Waals surface area contributed by atoms with Gasteiger partial charge in [0.2, 0.25) is 11.8 Å². The number of pyridine rings is 1. The lowest BCUT2D eigenvalue weighted by atomic mass is 9.96. The highest BCUT2D eigenvalue weighted by Crippen LogP contribution is 2.30. The molecule has 0 aromatic carbocycles. The minimum Gasteiger partial charge on any atom is -0.477 e. The van der Waals surface area contributed by atoms with Crippen LogP contribution in [0, 0.1) is 11.8 Å². The molecule has 0 N–H and O–H groups in total. The Labute approximate surface area is 145 Å². The monoisotopic (exact) mass is 356 g/mol. The smallest absolute Gasteiger partial charge is 0.433 e. The molecule has 1 saturated carbocycles. The van der Waals surface area contributed by atoms with E-state index >= 15 is 0 Å². The van der Waals surface area contributed by atoms with Crippen molar-refractivity contribution in [2.45, 2.75) is 44.7 Å². The van der Waals surface area contributed by atoms with Crippen LogP contribution in [0.5, 0.6) is 5.88 Å². The predicted octanol–water partition coefficient (Wildman–Crippen LogP) is 3.91. The van der Waals surface area contributed by atoms with Crippen molar-refractivity contribution in [1.29, 1.82) is 0 Å². The first kappa shape index (κ1) is 18.0. The fourth-order valence-electron chi connectivity index (χ4n) is 3.61. The van der Waals surface area contributed by atoms with E-state index < -0.39 is 11.9 Å². The minimum absolute atomic E-state index is 0.000661. The number of rotatable bonds is 4. The van der Waals surface area contributed by atoms with Crippen LogP contribution in [0.2, 0.25) is 0 Å². The number of halogens is 3. The molecule has 0 spiro atoms. The third-order valence-corrected chi connectivity index (χ3v) is 5.11. The van der Waals surface area contributed by atoms with E-state index in [-0.39, 0.29) is 23.6 Å². The zero-order chi connectivity index (χ0) is 17.9. The molecule has 4 nitrogen and oxygen atoms in total. The number of nitrogens with zero attached hydrogens (tertiary/aromatic N) is 2. The Kier molecular flexibility index (Phi) is 5.49. The second kappa shape index (κ2) is 7.62. The van der Waals surface area contributed by atoms with Gasteiger partial charge in [-0.25, -0.2) is 4.98 Å². The molecule has 0 unspecified atom stereocenters. The lowest BCUT2D eigenvalue weighted by Crippen LogP contribution is -2.42. The summed E-state index contributed by atoms with van der Waals surface area (Å²) >= 11 is 0. The molecular weight excluding hydrogens is 333 g/mol. The van der Waals surface area contributed by atoms with Crippen LogP contribution in [0.25, 0.3) is 0 Å². The van der Waals surface area contributed by atoms with E-state index in [1.54, 1.807) is 0 Å². The average molecular weight is 356 g/mol. The highest BCUT2D eigenvalue weighted by Gasteiger charge is 2.33. The molecule has 7 heteroatoms. The van der Waals surface area contributed by atoms with Crippen molar-refractivity contribution < 1.29 is 22.7 Å². The quantitative estimate of drug-likeness (QED) is 0.821. The van der Waals surface area contributed by atoms with Gasteiger partial charge < -0.3 is 9.64 Å². The molecule has 1 amide bonds. The number of hydrogen-bond donors (Lipinski definition) is 0. The van der Waals surface area contributed by atoms with Crippen LogP contribution in [0.1, 0.15) is 44.2 Å². The van der Waals surface area contributed by atoms with E-state index in [0.717, 1.165) is 44.6 Å². The molecule has 3 rings (SSSR count). The van der Waals surface area contributed by atoms with Gasteiger partial charge in [-0.3, -0.25) is 4.79 Å². The van der Waals surface area contributed by atoms with E-state index in [1.165, 1.54) is 12.1 Å². The lowest BCUT2D eigenvalue weighted by molar-refractivity contribution is -0.141. The summed E-state index contributed by atoms with van der Waals surface area (Å²) in [5.41, 5.74) is -0.943. The van der Waals surface area contributed by atoms with Crippen molar-refractivity contribution in [2.24, 2.45) is 11.8 Å². The molecule has 25 heavy (non-hydrogen) atoms. The summed E-state index contributed by atoms with van der Waals surface area (Å²) in [7, 11) is 0. The summed E-state index contributed by atoms with van der Waals surface area (Å²) in [6, 6.07) is 3.67. The van der Waals surface area contributed by atoms with Crippen LogP contribution in [0.15, 0.2) is 18.2 Å². The van der Waals surface area contributed by atoms with Gasteiger partial charge in [0.15, 0.2) is 0 Å². The molecule has 0 bridgehead atoms. The van der Waals surface area contributed by atoms with Crippen molar-refractivity contribution in [2.75, 3.05) is 19.7 Å². The Morgan fingerprint density at radius 1 is 1.16 bits per heavy atom. The van der Waals surface area contributed by atoms with Crippen LogP contribution >= 0.6 is 0 Å². The summed E-state index contributed by atoms with van der Waals surface area (Å²) in [5, 5.41) is 0. The number of ether oxygens (including phenoxy) is 1. The Morgan fingerprint density at radius 3 is 2.48 bits per heavy atom. The average Bonchev–Trinajstić information content (AvgIpc) is 3.14. The normalized spacial score (nSPS) is 20.0. The van der Waals surface area contributed by atoms with Crippen LogP contribution in [0.4, 0.5) is 13.2 Å². The molecule has 2 heterocycles. The molecule has 1 aliphatic heterocycles. The molecule has 2 aliphatic rings. The van der Waals surface area contributed by atoms with E-state index in [4.69, 9.17) is 4.74 Å². The highest BCUT2D eigenvalue weighted by molar-refractivity contribution is 5.79. The standard InChI is InChI=1S/C18H23F3N2O2/c19-18(20,21)15-6-3-7-16(22-15)25-12-13-8-10-23(11-9-13)17(24)14-4-1-2-5-14/h3,6-7,13-14H,1-2,4-5,8-12H2. The van der Waals surface area contributed by atoms with Gasteiger partial charge in [-0.15, -0.1) is 0 Å². The van der Waals surface area contributed by atoms with Gasteiger partial charge in [0, 0.05) is 25.1 Å². The first-order valence-corrected chi connectivity index (χ1v) is 8.89. The number of carbonyl (C=O) groups excluding carboxylic acids is 1. The number of aromatic nitrogens is 1. The van der Waals surface area contributed by atoms with E-state index in [0.29, 0.717) is 19.7 Å². The molecule has 2 fully saturated rings. The molecule has 0 radical (unpaired) electrons. The summed E-state index contributed by atoms with van der Waals surface area (Å²) in [6.45, 7) is 1.75. The van der Waals surface area contributed by atoms with Crippen molar-refractivity contribution in [1.82, 2.24) is 9.88 Å². The number of carbonyl (C=O) groups is 1. The van der Waals surface area contributed by atoms with Gasteiger partial charge in [-0.1, -0.05) is 18.9 Å². The third-order valence-electron chi connectivity index (χ3n) is 5.11. The SMILES string of the molecule is O=C(C1CCCC1)N1CCC(COc2cccc(C(F)(F)F)n2)CC1. The molecule has 1 aromatic rings. The minimum atomic E-state index is -4.47. The summed E-state index contributed by atoms with van der Waals surface area (Å²) in [4.78, 5) is 17.8. The summed E-state index contributed by atoms with van der Waals surface area (Å²) in [6.07, 6.45) is 1.46. The molecule has 1 aromatic heterocycles. The molecule has 0 atom stereocenters. The number of likely N-dealkylation sites (tertiary alicyclic amines) is 1. The van der Waals surface area contributed by atoms with Gasteiger partial charge in [0.05, 0.1) is 6.61 Å². The van der Waals surface area contributed by atoms with Crippen molar-refractivity contribution in [3.63, 3.8) is 0 Å². The van der Waals surface area contributed by atoms with Gasteiger partial charge in [0.25, 0.3) is 0 Å². The Morgan fingerprint density at radius 2 is 1.84 bits per heavy atom. The molecule has 1 saturated heterocycles. The number of amides is 1. The molecule has 138 valence electrons. The van der Waals surface area contributed by atoms with Crippen LogP contribution < -0.4 is 4.74 Å². The fourth-order valence-corrected chi connectivity index (χ4v) is 3.61. The summed E-state index contributed by atoms with van der Waals surface area (Å²) in [5.74, 6) is 0.710. The first-order valence-electron chi connectivity index (χ1n) is 8.89. The zero-order valence-corrected chi connectivity index (χ0v) is 14.1. The van der Waals surface area contributed by atoms with Crippen molar-refractivity contribution in [3.05, 3.63) is 23.9 Å². The first-order chi connectivity index (χ1) is 11.9. The Hall–Kier alpha value is -1.79. The Bertz CT molecular complexity index is 592. The van der Waals surface area contributed by atoms with Crippen molar-refractivity contribution >= 4 is 5.91 Å². The van der Waals surface area contributed by atoms with Gasteiger partial charge in [0.1, 0.15) is 5.69 Å². The lowest BCUT2D eigenvalue weighted by Gasteiger charge is -2.33. The maximum Gasteiger partial charge on any atom is 0.433 e. The topological polar surface area (TPSA) is 42.4 Å². The van der Waals surface area contributed by atoms with E-state index in [2.05, 4.69) is 4.98 Å². The third kappa shape index (κ3) is 4.64. The zero-order valence-electron chi connectivity index (χ0n) is 14.1. The van der Waals surface area contributed by atoms with E-state index in [9.17, 15) is 18.0 Å². The number of alkyl halides is 3. The van der Waals surface area contributed by atoms with E-state index in [1.807, 2.05) is 4.90 Å². The van der Waals surface area contributed by atoms with Crippen molar-refractivity contribution in [3.8, 4) is 5.88 Å². The largest absolute Gasteiger partial charge is 0.477 e. The second-order valence-corrected chi connectivity index (χ2v) is 6.92. The second-order valence-electron chi connectivity index (χ2n) is 6.92. The number of piperidine rings is 1. The van der Waals surface area contributed by atoms with Gasteiger partial charge in [-0.2, -0.15) is 13.2 Å². The van der Waals surface area contributed by atoms with Crippen LogP contribution in [-0.2, 0) is 11.0 Å². The van der Waals surface area contributed by atoms with Crippen LogP contribution in [0.3, 0.4) is 0 Å².